The molecule has 0 saturated carbocycles. The Morgan fingerprint density at radius 1 is 1.11 bits per heavy atom. The number of nitrogens with one attached hydrogen (secondary N) is 2. The Balaban J connectivity index is 0.000000711. The van der Waals surface area contributed by atoms with Crippen LogP contribution >= 0.6 is 0 Å². The van der Waals surface area contributed by atoms with Crippen LogP contribution in [0.15, 0.2) is 30.3 Å². The molecule has 0 bridgehead atoms. The first-order valence-electron chi connectivity index (χ1n) is 6.16. The van der Waals surface area contributed by atoms with Gasteiger partial charge in [-0.3, -0.25) is 0 Å². The number of hydrogen-bond donors (Lipinski definition) is 4. The second-order valence-electron chi connectivity index (χ2n) is 3.85. The Morgan fingerprint density at radius 2 is 1.68 bits per heavy atom. The van der Waals surface area contributed by atoms with Gasteiger partial charge in [0, 0.05) is 13.1 Å². The molecule has 0 radical (unpaired) electrons. The third-order valence-electron chi connectivity index (χ3n) is 2.11. The van der Waals surface area contributed by atoms with Crippen molar-refractivity contribution >= 4 is 12.1 Å². The topological polar surface area (TPSA) is 110 Å². The normalized spacial score (nSPS) is 8.89. The van der Waals surface area contributed by atoms with Crippen LogP contribution in [0.1, 0.15) is 25.3 Å². The summed E-state index contributed by atoms with van der Waals surface area (Å²) >= 11 is 0. The second kappa shape index (κ2) is 10.9. The highest BCUT2D eigenvalue weighted by Crippen LogP contribution is 1.96. The Hall–Kier alpha value is -2.24. The lowest BCUT2D eigenvalue weighted by Crippen LogP contribution is -2.35. The maximum absolute atomic E-state index is 11.3. The van der Waals surface area contributed by atoms with Gasteiger partial charge >= 0.3 is 12.1 Å². The van der Waals surface area contributed by atoms with Gasteiger partial charge in [0.25, 0.3) is 0 Å². The van der Waals surface area contributed by atoms with Crippen LogP contribution < -0.4 is 22.1 Å². The van der Waals surface area contributed by atoms with Crippen LogP contribution in [0.4, 0.5) is 9.59 Å². The number of urea groups is 2. The second-order valence-corrected chi connectivity index (χ2v) is 3.85. The molecule has 106 valence electrons. The van der Waals surface area contributed by atoms with Gasteiger partial charge in [0.1, 0.15) is 0 Å². The number of primary amides is 2. The average Bonchev–Trinajstić information content (AvgIpc) is 2.37. The van der Waals surface area contributed by atoms with E-state index in [0.29, 0.717) is 6.54 Å². The van der Waals surface area contributed by atoms with Crippen LogP contribution in [0.25, 0.3) is 0 Å². The van der Waals surface area contributed by atoms with Crippen molar-refractivity contribution in [1.29, 1.82) is 0 Å². The zero-order chi connectivity index (χ0) is 14.5. The molecule has 0 saturated heterocycles. The summed E-state index contributed by atoms with van der Waals surface area (Å²) in [7, 11) is 0. The maximum Gasteiger partial charge on any atom is 0.315 e. The van der Waals surface area contributed by atoms with Gasteiger partial charge in [0.05, 0.1) is 0 Å². The Bertz CT molecular complexity index is 364. The molecule has 0 heterocycles. The summed E-state index contributed by atoms with van der Waals surface area (Å²) in [5, 5.41) is 5.61. The molecule has 4 amide bonds. The van der Waals surface area contributed by atoms with Crippen molar-refractivity contribution in [2.75, 3.05) is 6.54 Å². The average molecular weight is 266 g/mol. The lowest BCUT2D eigenvalue weighted by atomic mass is 10.2. The number of hydrogen-bond acceptors (Lipinski definition) is 2. The summed E-state index contributed by atoms with van der Waals surface area (Å²) in [6, 6.07) is 8.95. The molecule has 6 N–H and O–H groups in total. The van der Waals surface area contributed by atoms with Crippen molar-refractivity contribution in [3.05, 3.63) is 35.9 Å². The third-order valence-corrected chi connectivity index (χ3v) is 2.11. The fraction of sp³-hybridized carbons (Fsp3) is 0.385. The summed E-state index contributed by atoms with van der Waals surface area (Å²) < 4.78 is 0. The lowest BCUT2D eigenvalue weighted by molar-refractivity contribution is 0.240. The molecule has 6 nitrogen and oxygen atoms in total. The van der Waals surface area contributed by atoms with Gasteiger partial charge in [-0.1, -0.05) is 43.7 Å². The molecule has 0 aliphatic rings. The minimum atomic E-state index is -0.833. The minimum absolute atomic E-state index is 0.0905. The standard InChI is InChI=1S/C12H18N2O.CH4N2O/c1-2-3-9-13-12(15)14-10-11-7-5-4-6-8-11;2-1(3)4/h4-8H,2-3,9-10H2,1H3,(H2,13,14,15);(H4,2,3,4). The summed E-state index contributed by atoms with van der Waals surface area (Å²) in [5.74, 6) is 0. The van der Waals surface area contributed by atoms with E-state index in [1.165, 1.54) is 0 Å². The highest BCUT2D eigenvalue weighted by Gasteiger charge is 1.98. The number of nitrogens with two attached hydrogens (primary N) is 2. The fourth-order valence-electron chi connectivity index (χ4n) is 1.22. The van der Waals surface area contributed by atoms with E-state index in [2.05, 4.69) is 29.0 Å². The summed E-state index contributed by atoms with van der Waals surface area (Å²) in [6.45, 7) is 3.43. The zero-order valence-electron chi connectivity index (χ0n) is 11.2. The first-order chi connectivity index (χ1) is 9.06. The van der Waals surface area contributed by atoms with Gasteiger partial charge in [-0.15, -0.1) is 0 Å². The van der Waals surface area contributed by atoms with E-state index in [0.717, 1.165) is 24.9 Å². The van der Waals surface area contributed by atoms with Gasteiger partial charge in [-0.25, -0.2) is 9.59 Å². The van der Waals surface area contributed by atoms with Gasteiger partial charge in [-0.2, -0.15) is 0 Å². The van der Waals surface area contributed by atoms with Gasteiger partial charge < -0.3 is 22.1 Å². The quantitative estimate of drug-likeness (QED) is 0.602. The number of carbonyl (C=O) groups is 2. The molecular formula is C13H22N4O2. The highest BCUT2D eigenvalue weighted by atomic mass is 16.2. The van der Waals surface area contributed by atoms with Gasteiger partial charge in [0.15, 0.2) is 0 Å². The Morgan fingerprint density at radius 3 is 2.21 bits per heavy atom. The molecule has 0 atom stereocenters. The van der Waals surface area contributed by atoms with E-state index in [1.807, 2.05) is 30.3 Å². The molecule has 6 heteroatoms. The molecule has 1 rings (SSSR count). The molecule has 0 spiro atoms. The monoisotopic (exact) mass is 266 g/mol. The minimum Gasteiger partial charge on any atom is -0.352 e. The van der Waals surface area contributed by atoms with Crippen molar-refractivity contribution in [3.8, 4) is 0 Å². The van der Waals surface area contributed by atoms with Gasteiger partial charge in [0.2, 0.25) is 0 Å². The van der Waals surface area contributed by atoms with E-state index in [1.54, 1.807) is 0 Å². The molecule has 0 aromatic heterocycles. The van der Waals surface area contributed by atoms with Crippen LogP contribution in [0.3, 0.4) is 0 Å². The molecule has 0 unspecified atom stereocenters. The van der Waals surface area contributed by atoms with E-state index in [4.69, 9.17) is 4.79 Å². The molecule has 1 aromatic rings. The Kier molecular flexibility index (Phi) is 9.60. The Labute approximate surface area is 113 Å². The molecule has 0 aliphatic carbocycles. The van der Waals surface area contributed by atoms with E-state index >= 15 is 0 Å². The highest BCUT2D eigenvalue weighted by molar-refractivity contribution is 5.73. The third kappa shape index (κ3) is 12.0. The first kappa shape index (κ1) is 16.8. The molecule has 19 heavy (non-hydrogen) atoms. The summed E-state index contributed by atoms with van der Waals surface area (Å²) in [5.41, 5.74) is 9.61. The number of benzene rings is 1. The number of rotatable bonds is 5. The SMILES string of the molecule is CCCCNC(=O)NCc1ccccc1.NC(N)=O. The summed E-state index contributed by atoms with van der Waals surface area (Å²) in [6.07, 6.45) is 2.12. The summed E-state index contributed by atoms with van der Waals surface area (Å²) in [4.78, 5) is 20.3. The fourth-order valence-corrected chi connectivity index (χ4v) is 1.22. The zero-order valence-corrected chi connectivity index (χ0v) is 11.2. The first-order valence-corrected chi connectivity index (χ1v) is 6.16. The molecular weight excluding hydrogens is 244 g/mol. The smallest absolute Gasteiger partial charge is 0.315 e. The van der Waals surface area contributed by atoms with Crippen LogP contribution in [-0.4, -0.2) is 18.6 Å². The maximum atomic E-state index is 11.3. The predicted octanol–water partition coefficient (Wildman–Crippen LogP) is 1.31. The molecule has 0 aliphatic heterocycles. The largest absolute Gasteiger partial charge is 0.352 e. The molecule has 1 aromatic carbocycles. The number of unbranched alkanes of at least 4 members (excludes halogenated alkanes) is 1. The van der Waals surface area contributed by atoms with Crippen molar-refractivity contribution in [1.82, 2.24) is 10.6 Å². The van der Waals surface area contributed by atoms with Crippen LogP contribution in [0.5, 0.6) is 0 Å². The lowest BCUT2D eigenvalue weighted by Gasteiger charge is -2.06. The van der Waals surface area contributed by atoms with Crippen molar-refractivity contribution < 1.29 is 9.59 Å². The van der Waals surface area contributed by atoms with Crippen molar-refractivity contribution in [3.63, 3.8) is 0 Å². The number of carbonyl (C=O) groups excluding carboxylic acids is 2. The predicted molar refractivity (Wildman–Crippen MR) is 75.4 cm³/mol. The van der Waals surface area contributed by atoms with Gasteiger partial charge in [-0.05, 0) is 12.0 Å². The van der Waals surface area contributed by atoms with Crippen LogP contribution in [-0.2, 0) is 6.54 Å². The van der Waals surface area contributed by atoms with E-state index in [9.17, 15) is 4.79 Å². The van der Waals surface area contributed by atoms with E-state index in [-0.39, 0.29) is 6.03 Å². The molecule has 0 fully saturated rings. The number of amides is 4. The van der Waals surface area contributed by atoms with Crippen LogP contribution in [0.2, 0.25) is 0 Å². The van der Waals surface area contributed by atoms with Crippen LogP contribution in [0, 0.1) is 0 Å². The van der Waals surface area contributed by atoms with E-state index < -0.39 is 6.03 Å². The van der Waals surface area contributed by atoms with Crippen molar-refractivity contribution in [2.45, 2.75) is 26.3 Å². The van der Waals surface area contributed by atoms with Crippen molar-refractivity contribution in [2.24, 2.45) is 11.5 Å².